The molecule has 0 aromatic carbocycles. The molecule has 0 aliphatic heterocycles. The molecule has 47 valence electrons. The summed E-state index contributed by atoms with van der Waals surface area (Å²) in [5, 5.41) is 6.66. The van der Waals surface area contributed by atoms with E-state index in [1.807, 2.05) is 0 Å². The van der Waals surface area contributed by atoms with Crippen molar-refractivity contribution in [1.82, 2.24) is 10.9 Å². The van der Waals surface area contributed by atoms with Crippen molar-refractivity contribution in [2.24, 2.45) is 5.73 Å². The zero-order valence-electron chi connectivity index (χ0n) is 4.70. The number of nitrogens with two attached hydrogens (primary N) is 1. The summed E-state index contributed by atoms with van der Waals surface area (Å²) >= 11 is 0. The first-order chi connectivity index (χ1) is 3.77. The van der Waals surface area contributed by atoms with Gasteiger partial charge in [-0.15, -0.1) is 0 Å². The molecule has 0 amide bonds. The lowest BCUT2D eigenvalue weighted by atomic mass is 10.5. The lowest BCUT2D eigenvalue weighted by molar-refractivity contribution is 0.650. The van der Waals surface area contributed by atoms with Crippen LogP contribution in [-0.2, 0) is 0 Å². The Morgan fingerprint density at radius 2 is 2.38 bits per heavy atom. The Hall–Kier alpha value is -0.770. The first kappa shape index (κ1) is 7.23. The van der Waals surface area contributed by atoms with Crippen molar-refractivity contribution in [3.8, 4) is 0 Å². The zero-order chi connectivity index (χ0) is 6.41. The second-order valence-electron chi connectivity index (χ2n) is 1.32. The molecular formula is C4H11N4. The van der Waals surface area contributed by atoms with E-state index in [1.165, 1.54) is 0 Å². The predicted octanol–water partition coefficient (Wildman–Crippen LogP) is -0.802. The summed E-state index contributed by atoms with van der Waals surface area (Å²) in [5.41, 5.74) is 10.0. The van der Waals surface area contributed by atoms with Gasteiger partial charge in [0, 0.05) is 6.54 Å². The van der Waals surface area contributed by atoms with Gasteiger partial charge in [-0.2, -0.15) is 0 Å². The highest BCUT2D eigenvalue weighted by molar-refractivity contribution is 5.73. The molecule has 0 aromatic rings. The lowest BCUT2D eigenvalue weighted by Crippen LogP contribution is -2.41. The van der Waals surface area contributed by atoms with Crippen LogP contribution in [0.15, 0.2) is 0 Å². The van der Waals surface area contributed by atoms with Crippen LogP contribution >= 0.6 is 0 Å². The number of rotatable bonds is 3. The minimum atomic E-state index is -0.0709. The quantitative estimate of drug-likeness (QED) is 0.168. The van der Waals surface area contributed by atoms with E-state index in [2.05, 4.69) is 17.8 Å². The van der Waals surface area contributed by atoms with E-state index in [0.717, 1.165) is 13.0 Å². The summed E-state index contributed by atoms with van der Waals surface area (Å²) in [5.74, 6) is -0.0709. The van der Waals surface area contributed by atoms with E-state index >= 15 is 0 Å². The van der Waals surface area contributed by atoms with E-state index in [-0.39, 0.29) is 5.96 Å². The standard InChI is InChI=1S/C4H11N4/c1-2-3-7-8-4(5)6/h7H,1-3H2,(H4,5,6,8). The molecule has 0 heterocycles. The van der Waals surface area contributed by atoms with E-state index in [1.54, 1.807) is 0 Å². The van der Waals surface area contributed by atoms with Gasteiger partial charge in [-0.3, -0.25) is 10.8 Å². The third-order valence-electron chi connectivity index (χ3n) is 0.525. The number of hydrazine groups is 1. The Morgan fingerprint density at radius 3 is 2.75 bits per heavy atom. The van der Waals surface area contributed by atoms with Crippen LogP contribution in [0.2, 0.25) is 0 Å². The van der Waals surface area contributed by atoms with E-state index in [4.69, 9.17) is 11.1 Å². The molecule has 0 bridgehead atoms. The molecule has 0 saturated heterocycles. The minimum Gasteiger partial charge on any atom is -0.369 e. The van der Waals surface area contributed by atoms with Crippen molar-refractivity contribution < 1.29 is 0 Å². The third-order valence-corrected chi connectivity index (χ3v) is 0.525. The maximum atomic E-state index is 6.66. The van der Waals surface area contributed by atoms with Gasteiger partial charge in [0.2, 0.25) is 0 Å². The van der Waals surface area contributed by atoms with Crippen LogP contribution in [0.3, 0.4) is 0 Å². The highest BCUT2D eigenvalue weighted by Crippen LogP contribution is 1.62. The molecule has 5 N–H and O–H groups in total. The van der Waals surface area contributed by atoms with Crippen LogP contribution in [0.1, 0.15) is 6.42 Å². The van der Waals surface area contributed by atoms with Crippen molar-refractivity contribution in [2.45, 2.75) is 6.42 Å². The molecule has 0 atom stereocenters. The molecule has 0 unspecified atom stereocenters. The Bertz CT molecular complexity index is 70.4. The molecule has 0 aromatic heterocycles. The van der Waals surface area contributed by atoms with Gasteiger partial charge in [0.05, 0.1) is 0 Å². The Morgan fingerprint density at radius 1 is 1.75 bits per heavy atom. The van der Waals surface area contributed by atoms with Crippen LogP contribution in [-0.4, -0.2) is 12.5 Å². The summed E-state index contributed by atoms with van der Waals surface area (Å²) < 4.78 is 0. The number of guanidine groups is 1. The summed E-state index contributed by atoms with van der Waals surface area (Å²) in [7, 11) is 0. The molecule has 4 heteroatoms. The lowest BCUT2D eigenvalue weighted by Gasteiger charge is -2.01. The summed E-state index contributed by atoms with van der Waals surface area (Å²) in [6.07, 6.45) is 0.778. The Balaban J connectivity index is 2.82. The molecule has 0 saturated carbocycles. The topological polar surface area (TPSA) is 73.9 Å². The van der Waals surface area contributed by atoms with Gasteiger partial charge in [-0.1, -0.05) is 6.92 Å². The number of hydrogen-bond donors (Lipinski definition) is 4. The Labute approximate surface area is 48.9 Å². The molecule has 0 aliphatic carbocycles. The van der Waals surface area contributed by atoms with Gasteiger partial charge in [-0.25, -0.2) is 5.43 Å². The first-order valence-electron chi connectivity index (χ1n) is 2.39. The summed E-state index contributed by atoms with van der Waals surface area (Å²) in [4.78, 5) is 0. The zero-order valence-corrected chi connectivity index (χ0v) is 4.70. The normalized spacial score (nSPS) is 8.62. The fraction of sp³-hybridized carbons (Fsp3) is 0.500. The van der Waals surface area contributed by atoms with Gasteiger partial charge in [0.25, 0.3) is 0 Å². The molecule has 0 rings (SSSR count). The van der Waals surface area contributed by atoms with Crippen LogP contribution in [0, 0.1) is 12.3 Å². The van der Waals surface area contributed by atoms with Crippen LogP contribution in [0.4, 0.5) is 0 Å². The average molecular weight is 115 g/mol. The molecule has 8 heavy (non-hydrogen) atoms. The van der Waals surface area contributed by atoms with Crippen molar-refractivity contribution in [2.75, 3.05) is 6.54 Å². The fourth-order valence-corrected chi connectivity index (χ4v) is 0.246. The van der Waals surface area contributed by atoms with Crippen LogP contribution in [0.25, 0.3) is 0 Å². The monoisotopic (exact) mass is 115 g/mol. The Kier molecular flexibility index (Phi) is 3.97. The molecule has 0 spiro atoms. The number of hydrogen-bond acceptors (Lipinski definition) is 2. The van der Waals surface area contributed by atoms with Crippen molar-refractivity contribution >= 4 is 5.96 Å². The highest BCUT2D eigenvalue weighted by Gasteiger charge is 1.80. The van der Waals surface area contributed by atoms with Crippen molar-refractivity contribution in [3.63, 3.8) is 0 Å². The summed E-state index contributed by atoms with van der Waals surface area (Å²) in [6.45, 7) is 4.29. The van der Waals surface area contributed by atoms with Gasteiger partial charge < -0.3 is 5.73 Å². The van der Waals surface area contributed by atoms with Gasteiger partial charge in [-0.05, 0) is 6.42 Å². The van der Waals surface area contributed by atoms with Crippen LogP contribution < -0.4 is 16.6 Å². The fourth-order valence-electron chi connectivity index (χ4n) is 0.246. The van der Waals surface area contributed by atoms with Crippen molar-refractivity contribution in [1.29, 1.82) is 5.41 Å². The molecular weight excluding hydrogens is 104 g/mol. The van der Waals surface area contributed by atoms with E-state index in [9.17, 15) is 0 Å². The van der Waals surface area contributed by atoms with Gasteiger partial charge in [0.1, 0.15) is 0 Å². The second-order valence-corrected chi connectivity index (χ2v) is 1.32. The third kappa shape index (κ3) is 5.23. The van der Waals surface area contributed by atoms with E-state index in [0.29, 0.717) is 0 Å². The average Bonchev–Trinajstić information content (AvgIpc) is 1.66. The molecule has 0 aliphatic rings. The second kappa shape index (κ2) is 4.39. The maximum Gasteiger partial charge on any atom is 0.200 e. The predicted molar refractivity (Wildman–Crippen MR) is 33.0 cm³/mol. The molecule has 1 radical (unpaired) electrons. The number of nitrogens with one attached hydrogen (secondary N) is 3. The largest absolute Gasteiger partial charge is 0.369 e. The van der Waals surface area contributed by atoms with Crippen molar-refractivity contribution in [3.05, 3.63) is 6.92 Å². The van der Waals surface area contributed by atoms with Gasteiger partial charge >= 0.3 is 0 Å². The highest BCUT2D eigenvalue weighted by atomic mass is 15.4. The van der Waals surface area contributed by atoms with E-state index < -0.39 is 0 Å². The first-order valence-corrected chi connectivity index (χ1v) is 2.39. The summed E-state index contributed by atoms with van der Waals surface area (Å²) in [6, 6.07) is 0. The molecule has 0 fully saturated rings. The minimum absolute atomic E-state index is 0.0709. The SMILES string of the molecule is [CH2]CCNNC(=N)N. The molecule has 4 nitrogen and oxygen atoms in total. The smallest absolute Gasteiger partial charge is 0.200 e. The van der Waals surface area contributed by atoms with Crippen LogP contribution in [0.5, 0.6) is 0 Å². The van der Waals surface area contributed by atoms with Gasteiger partial charge in [0.15, 0.2) is 5.96 Å². The maximum absolute atomic E-state index is 6.66.